The Morgan fingerprint density at radius 3 is 2.89 bits per heavy atom. The molecule has 8 N–H and O–H groups in total. The van der Waals surface area contributed by atoms with Gasteiger partial charge >= 0.3 is 5.97 Å². The van der Waals surface area contributed by atoms with E-state index in [1.807, 2.05) is 0 Å². The Kier molecular flexibility index (Phi) is 6.16. The molecule has 1 unspecified atom stereocenters. The second-order valence-corrected chi connectivity index (χ2v) is 6.41. The Morgan fingerprint density at radius 2 is 2.14 bits per heavy atom. The molecule has 0 radical (unpaired) electrons. The van der Waals surface area contributed by atoms with Crippen molar-refractivity contribution in [3.8, 4) is 0 Å². The second-order valence-electron chi connectivity index (χ2n) is 6.41. The average molecular weight is 393 g/mol. The first kappa shape index (κ1) is 20.1. The Bertz CT molecular complexity index is 857. The molecule has 0 amide bonds. The number of imidazole rings is 1. The van der Waals surface area contributed by atoms with Crippen LogP contribution in [0.2, 0.25) is 0 Å². The fraction of sp³-hybridized carbons (Fsp3) is 0.500. The van der Waals surface area contributed by atoms with Crippen LogP contribution < -0.4 is 16.8 Å². The van der Waals surface area contributed by atoms with Crippen LogP contribution in [0.5, 0.6) is 0 Å². The van der Waals surface area contributed by atoms with Crippen LogP contribution in [0.4, 0.5) is 5.82 Å². The third-order valence-electron chi connectivity index (χ3n) is 4.46. The minimum Gasteiger partial charge on any atom is -0.480 e. The Morgan fingerprint density at radius 1 is 1.36 bits per heavy atom. The van der Waals surface area contributed by atoms with Crippen molar-refractivity contribution in [3.05, 3.63) is 24.8 Å². The predicted molar refractivity (Wildman–Crippen MR) is 97.9 cm³/mol. The van der Waals surface area contributed by atoms with E-state index in [4.69, 9.17) is 21.3 Å². The van der Waals surface area contributed by atoms with Gasteiger partial charge in [0, 0.05) is 6.54 Å². The molecule has 0 spiro atoms. The van der Waals surface area contributed by atoms with Crippen molar-refractivity contribution >= 4 is 23.0 Å². The van der Waals surface area contributed by atoms with Crippen LogP contribution in [0.3, 0.4) is 0 Å². The molecule has 1 aliphatic rings. The quantitative estimate of drug-likeness (QED) is 0.214. The predicted octanol–water partition coefficient (Wildman–Crippen LogP) is -2.02. The van der Waals surface area contributed by atoms with Crippen molar-refractivity contribution < 1.29 is 24.9 Å². The number of rotatable bonds is 8. The van der Waals surface area contributed by atoms with Crippen LogP contribution in [0.1, 0.15) is 12.6 Å². The van der Waals surface area contributed by atoms with Crippen LogP contribution in [-0.2, 0) is 9.53 Å². The van der Waals surface area contributed by atoms with E-state index in [1.54, 1.807) is 6.08 Å². The Labute approximate surface area is 159 Å². The largest absolute Gasteiger partial charge is 0.480 e. The van der Waals surface area contributed by atoms with Gasteiger partial charge in [0.25, 0.3) is 0 Å². The van der Waals surface area contributed by atoms with Gasteiger partial charge < -0.3 is 36.8 Å². The molecule has 3 heterocycles. The van der Waals surface area contributed by atoms with E-state index in [2.05, 4.69) is 20.3 Å². The summed E-state index contributed by atoms with van der Waals surface area (Å²) >= 11 is 0. The molecule has 0 aliphatic carbocycles. The first-order valence-electron chi connectivity index (χ1n) is 8.70. The molecule has 1 saturated heterocycles. The number of aliphatic hydroxyl groups is 2. The van der Waals surface area contributed by atoms with Gasteiger partial charge in [-0.2, -0.15) is 0 Å². The van der Waals surface area contributed by atoms with Gasteiger partial charge in [0.2, 0.25) is 0 Å². The van der Waals surface area contributed by atoms with Crippen molar-refractivity contribution in [2.75, 3.05) is 18.8 Å². The van der Waals surface area contributed by atoms with Crippen molar-refractivity contribution in [3.63, 3.8) is 0 Å². The SMILES string of the molecule is Nc1ncnc2c1ncn2[C@@H]1O[C@H](CNCC/C=C/C(N)C(=O)O)[C@@H](O)[C@H]1O. The van der Waals surface area contributed by atoms with E-state index in [1.165, 1.54) is 23.3 Å². The highest BCUT2D eigenvalue weighted by Gasteiger charge is 2.44. The fourth-order valence-electron chi connectivity index (χ4n) is 2.94. The van der Waals surface area contributed by atoms with E-state index in [0.29, 0.717) is 24.1 Å². The molecule has 0 aromatic carbocycles. The summed E-state index contributed by atoms with van der Waals surface area (Å²) in [6, 6.07) is -1.03. The number of aromatic nitrogens is 4. The number of anilines is 1. The summed E-state index contributed by atoms with van der Waals surface area (Å²) in [6.07, 6.45) is 2.55. The molecule has 0 saturated carbocycles. The van der Waals surface area contributed by atoms with E-state index >= 15 is 0 Å². The van der Waals surface area contributed by atoms with Crippen molar-refractivity contribution in [1.29, 1.82) is 0 Å². The standard InChI is InChI=1S/C16H23N7O5/c17-8(16(26)27)3-1-2-4-19-5-9-11(24)12(25)15(28-9)23-7-22-10-13(18)20-6-21-14(10)23/h1,3,6-9,11-12,15,19,24-25H,2,4-5,17H2,(H,26,27)(H2,18,20,21)/b3-1+/t8?,9-,11-,12-,15-/m1/s1. The summed E-state index contributed by atoms with van der Waals surface area (Å²) in [5.74, 6) is -0.878. The number of carbonyl (C=O) groups is 1. The van der Waals surface area contributed by atoms with Gasteiger partial charge in [-0.05, 0) is 13.0 Å². The number of carboxylic acid groups (broad SMARTS) is 1. The number of carboxylic acids is 1. The highest BCUT2D eigenvalue weighted by Crippen LogP contribution is 2.31. The number of aliphatic carboxylic acids is 1. The van der Waals surface area contributed by atoms with Crippen LogP contribution in [0, 0.1) is 0 Å². The number of aliphatic hydroxyl groups excluding tert-OH is 2. The molecule has 0 bridgehead atoms. The number of ether oxygens (including phenoxy) is 1. The second kappa shape index (κ2) is 8.58. The number of nitrogens with zero attached hydrogens (tertiary/aromatic N) is 4. The maximum atomic E-state index is 10.6. The normalized spacial score (nSPS) is 26.2. The number of nitrogens with one attached hydrogen (secondary N) is 1. The molecular weight excluding hydrogens is 370 g/mol. The zero-order chi connectivity index (χ0) is 20.3. The third-order valence-corrected chi connectivity index (χ3v) is 4.46. The zero-order valence-electron chi connectivity index (χ0n) is 14.9. The number of nitrogen functional groups attached to an aromatic ring is 1. The molecule has 152 valence electrons. The molecule has 12 heteroatoms. The lowest BCUT2D eigenvalue weighted by Gasteiger charge is -2.16. The van der Waals surface area contributed by atoms with Gasteiger partial charge in [0.05, 0.1) is 6.33 Å². The Hall–Kier alpha value is -2.64. The van der Waals surface area contributed by atoms with Crippen molar-refractivity contribution in [2.24, 2.45) is 5.73 Å². The summed E-state index contributed by atoms with van der Waals surface area (Å²) in [5, 5.41) is 32.4. The summed E-state index contributed by atoms with van der Waals surface area (Å²) in [4.78, 5) is 22.7. The smallest absolute Gasteiger partial charge is 0.324 e. The molecule has 28 heavy (non-hydrogen) atoms. The highest BCUT2D eigenvalue weighted by molar-refractivity contribution is 5.81. The summed E-state index contributed by atoms with van der Waals surface area (Å²) in [5.41, 5.74) is 11.9. The maximum absolute atomic E-state index is 10.6. The molecule has 5 atom stereocenters. The first-order valence-corrected chi connectivity index (χ1v) is 8.70. The minimum absolute atomic E-state index is 0.214. The number of nitrogens with two attached hydrogens (primary N) is 2. The average Bonchev–Trinajstić information content (AvgIpc) is 3.21. The minimum atomic E-state index is -1.17. The van der Waals surface area contributed by atoms with E-state index in [-0.39, 0.29) is 12.4 Å². The zero-order valence-corrected chi connectivity index (χ0v) is 14.9. The van der Waals surface area contributed by atoms with Crippen LogP contribution in [0.25, 0.3) is 11.2 Å². The monoisotopic (exact) mass is 393 g/mol. The number of fused-ring (bicyclic) bond motifs is 1. The molecule has 2 aromatic rings. The van der Waals surface area contributed by atoms with Gasteiger partial charge in [0.1, 0.15) is 36.2 Å². The lowest BCUT2D eigenvalue weighted by Crippen LogP contribution is -2.38. The molecule has 1 fully saturated rings. The van der Waals surface area contributed by atoms with Gasteiger partial charge in [-0.25, -0.2) is 15.0 Å². The third kappa shape index (κ3) is 4.10. The first-order chi connectivity index (χ1) is 13.4. The maximum Gasteiger partial charge on any atom is 0.324 e. The molecule has 12 nitrogen and oxygen atoms in total. The van der Waals surface area contributed by atoms with Gasteiger partial charge in [-0.1, -0.05) is 12.2 Å². The van der Waals surface area contributed by atoms with Gasteiger partial charge in [0.15, 0.2) is 17.7 Å². The highest BCUT2D eigenvalue weighted by atomic mass is 16.6. The van der Waals surface area contributed by atoms with Crippen molar-refractivity contribution in [1.82, 2.24) is 24.8 Å². The molecule has 2 aromatic heterocycles. The van der Waals surface area contributed by atoms with E-state index in [9.17, 15) is 15.0 Å². The summed E-state index contributed by atoms with van der Waals surface area (Å²) in [7, 11) is 0. The molecule has 1 aliphatic heterocycles. The Balaban J connectivity index is 1.55. The molecule has 3 rings (SSSR count). The fourth-order valence-corrected chi connectivity index (χ4v) is 2.94. The van der Waals surface area contributed by atoms with E-state index in [0.717, 1.165) is 0 Å². The van der Waals surface area contributed by atoms with Gasteiger partial charge in [-0.15, -0.1) is 0 Å². The van der Waals surface area contributed by atoms with Crippen LogP contribution >= 0.6 is 0 Å². The van der Waals surface area contributed by atoms with Crippen molar-refractivity contribution in [2.45, 2.75) is 37.0 Å². The lowest BCUT2D eigenvalue weighted by atomic mass is 10.1. The van der Waals surface area contributed by atoms with Crippen LogP contribution in [0.15, 0.2) is 24.8 Å². The molecular formula is C16H23N7O5. The number of hydrogen-bond acceptors (Lipinski definition) is 10. The topological polar surface area (TPSA) is 195 Å². The lowest BCUT2D eigenvalue weighted by molar-refractivity contribution is -0.137. The number of hydrogen-bond donors (Lipinski definition) is 6. The summed E-state index contributed by atoms with van der Waals surface area (Å²) in [6.45, 7) is 0.811. The van der Waals surface area contributed by atoms with Gasteiger partial charge in [-0.3, -0.25) is 9.36 Å². The van der Waals surface area contributed by atoms with Crippen LogP contribution in [-0.4, -0.2) is 78.3 Å². The van der Waals surface area contributed by atoms with E-state index < -0.39 is 36.6 Å². The summed E-state index contributed by atoms with van der Waals surface area (Å²) < 4.78 is 7.31.